The molecule has 160 valence electrons. The average molecular weight is 536 g/mol. The van der Waals surface area contributed by atoms with Gasteiger partial charge < -0.3 is 9.47 Å². The second kappa shape index (κ2) is 11.3. The molecule has 1 fully saturated rings. The molecule has 6 nitrogen and oxygen atoms in total. The summed E-state index contributed by atoms with van der Waals surface area (Å²) in [6.45, 7) is 3.28. The SMILES string of the molecule is O=C(CN1CCOCC1)N/N=C/c1cc(Cl)c(OCc2ccc(Cl)cc2Cl)c(Br)c1. The highest BCUT2D eigenvalue weighted by atomic mass is 79.9. The van der Waals surface area contributed by atoms with Crippen LogP contribution in [0.1, 0.15) is 11.1 Å². The fraction of sp³-hybridized carbons (Fsp3) is 0.300. The van der Waals surface area contributed by atoms with Crippen LogP contribution in [-0.4, -0.2) is 49.9 Å². The van der Waals surface area contributed by atoms with E-state index in [1.807, 2.05) is 4.90 Å². The predicted molar refractivity (Wildman–Crippen MR) is 123 cm³/mol. The third-order valence-corrected chi connectivity index (χ3v) is 5.74. The third-order valence-electron chi connectivity index (χ3n) is 4.28. The van der Waals surface area contributed by atoms with E-state index in [1.165, 1.54) is 6.21 Å². The van der Waals surface area contributed by atoms with Gasteiger partial charge in [0.2, 0.25) is 0 Å². The van der Waals surface area contributed by atoms with Crippen molar-refractivity contribution in [3.05, 3.63) is 61.0 Å². The van der Waals surface area contributed by atoms with Gasteiger partial charge in [0, 0.05) is 28.7 Å². The maximum absolute atomic E-state index is 12.0. The summed E-state index contributed by atoms with van der Waals surface area (Å²) >= 11 is 21.9. The molecule has 2 aromatic rings. The third kappa shape index (κ3) is 6.83. The summed E-state index contributed by atoms with van der Waals surface area (Å²) in [5.74, 6) is 0.300. The van der Waals surface area contributed by atoms with Gasteiger partial charge in [0.05, 0.1) is 35.5 Å². The van der Waals surface area contributed by atoms with Crippen molar-refractivity contribution in [1.82, 2.24) is 10.3 Å². The Kier molecular flexibility index (Phi) is 8.80. The van der Waals surface area contributed by atoms with Crippen molar-refractivity contribution in [1.29, 1.82) is 0 Å². The minimum absolute atomic E-state index is 0.182. The van der Waals surface area contributed by atoms with E-state index < -0.39 is 0 Å². The Morgan fingerprint density at radius 3 is 2.67 bits per heavy atom. The molecule has 1 heterocycles. The minimum Gasteiger partial charge on any atom is -0.486 e. The van der Waals surface area contributed by atoms with Crippen molar-refractivity contribution in [2.75, 3.05) is 32.8 Å². The van der Waals surface area contributed by atoms with Crippen molar-refractivity contribution >= 4 is 62.9 Å². The number of amides is 1. The van der Waals surface area contributed by atoms with Crippen molar-refractivity contribution in [2.45, 2.75) is 6.61 Å². The van der Waals surface area contributed by atoms with Crippen LogP contribution in [-0.2, 0) is 16.1 Å². The first-order valence-electron chi connectivity index (χ1n) is 9.10. The molecule has 0 spiro atoms. The molecule has 2 aromatic carbocycles. The van der Waals surface area contributed by atoms with E-state index >= 15 is 0 Å². The molecular formula is C20H19BrCl3N3O3. The number of benzene rings is 2. The molecule has 0 saturated carbocycles. The Bertz CT molecular complexity index is 914. The number of carbonyl (C=O) groups is 1. The van der Waals surface area contributed by atoms with Crippen LogP contribution in [0.3, 0.4) is 0 Å². The first-order chi connectivity index (χ1) is 14.4. The average Bonchev–Trinajstić information content (AvgIpc) is 2.69. The zero-order valence-corrected chi connectivity index (χ0v) is 19.7. The Balaban J connectivity index is 1.56. The highest BCUT2D eigenvalue weighted by Gasteiger charge is 2.14. The molecule has 1 saturated heterocycles. The van der Waals surface area contributed by atoms with E-state index in [2.05, 4.69) is 26.5 Å². The molecule has 1 amide bonds. The summed E-state index contributed by atoms with van der Waals surface area (Å²) < 4.78 is 11.7. The van der Waals surface area contributed by atoms with Gasteiger partial charge in [-0.1, -0.05) is 40.9 Å². The van der Waals surface area contributed by atoms with Crippen LogP contribution >= 0.6 is 50.7 Å². The van der Waals surface area contributed by atoms with Crippen LogP contribution in [0, 0.1) is 0 Å². The Labute approximate surface area is 198 Å². The van der Waals surface area contributed by atoms with Crippen LogP contribution < -0.4 is 10.2 Å². The number of hydrogen-bond donors (Lipinski definition) is 1. The summed E-state index contributed by atoms with van der Waals surface area (Å²) in [5, 5.41) is 5.48. The van der Waals surface area contributed by atoms with Gasteiger partial charge in [-0.05, 0) is 45.8 Å². The van der Waals surface area contributed by atoms with Gasteiger partial charge >= 0.3 is 0 Å². The molecule has 3 rings (SSSR count). The largest absolute Gasteiger partial charge is 0.486 e. The van der Waals surface area contributed by atoms with Crippen molar-refractivity contribution < 1.29 is 14.3 Å². The number of halogens is 4. The van der Waals surface area contributed by atoms with Gasteiger partial charge in [-0.3, -0.25) is 9.69 Å². The number of nitrogens with one attached hydrogen (secondary N) is 1. The van der Waals surface area contributed by atoms with Crippen molar-refractivity contribution in [2.24, 2.45) is 5.10 Å². The standard InChI is InChI=1S/C20H19BrCl3N3O3/c21-16-7-13(10-25-26-19(28)11-27-3-5-29-6-4-27)8-18(24)20(16)30-12-14-1-2-15(22)9-17(14)23/h1-2,7-10H,3-6,11-12H2,(H,26,28)/b25-10+. The highest BCUT2D eigenvalue weighted by molar-refractivity contribution is 9.10. The summed E-state index contributed by atoms with van der Waals surface area (Å²) in [5.41, 5.74) is 4.02. The second-order valence-corrected chi connectivity index (χ2v) is 8.62. The molecule has 10 heteroatoms. The topological polar surface area (TPSA) is 63.2 Å². The molecule has 0 radical (unpaired) electrons. The second-order valence-electron chi connectivity index (χ2n) is 6.52. The Morgan fingerprint density at radius 1 is 1.20 bits per heavy atom. The normalized spacial score (nSPS) is 14.8. The molecule has 0 bridgehead atoms. The summed E-state index contributed by atoms with van der Waals surface area (Å²) in [7, 11) is 0. The lowest BCUT2D eigenvalue weighted by atomic mass is 10.2. The number of carbonyl (C=O) groups excluding carboxylic acids is 1. The summed E-state index contributed by atoms with van der Waals surface area (Å²) in [4.78, 5) is 14.0. The van der Waals surface area contributed by atoms with Crippen LogP contribution in [0.2, 0.25) is 15.1 Å². The monoisotopic (exact) mass is 533 g/mol. The molecule has 0 unspecified atom stereocenters. The molecule has 1 aliphatic rings. The summed E-state index contributed by atoms with van der Waals surface area (Å²) in [6.07, 6.45) is 1.52. The lowest BCUT2D eigenvalue weighted by Crippen LogP contribution is -2.42. The Morgan fingerprint density at radius 2 is 1.97 bits per heavy atom. The van der Waals surface area contributed by atoms with Gasteiger partial charge in [-0.2, -0.15) is 5.10 Å². The number of hydrogen-bond acceptors (Lipinski definition) is 5. The van der Waals surface area contributed by atoms with Crippen LogP contribution in [0.15, 0.2) is 39.9 Å². The lowest BCUT2D eigenvalue weighted by Gasteiger charge is -2.25. The van der Waals surface area contributed by atoms with E-state index in [0.717, 1.165) is 18.7 Å². The fourth-order valence-electron chi connectivity index (χ4n) is 2.76. The van der Waals surface area contributed by atoms with Gasteiger partial charge in [0.1, 0.15) is 6.61 Å². The molecule has 1 N–H and O–H groups in total. The first-order valence-corrected chi connectivity index (χ1v) is 11.0. The van der Waals surface area contributed by atoms with E-state index in [9.17, 15) is 4.79 Å². The predicted octanol–water partition coefficient (Wildman–Crippen LogP) is 4.77. The van der Waals surface area contributed by atoms with Crippen LogP contribution in [0.5, 0.6) is 5.75 Å². The van der Waals surface area contributed by atoms with Gasteiger partial charge in [-0.15, -0.1) is 0 Å². The first kappa shape index (κ1) is 23.3. The van der Waals surface area contributed by atoms with E-state index in [0.29, 0.717) is 44.1 Å². The maximum atomic E-state index is 12.0. The molecule has 0 aliphatic carbocycles. The Hall–Kier alpha value is -1.35. The van der Waals surface area contributed by atoms with Gasteiger partial charge in [0.15, 0.2) is 5.75 Å². The highest BCUT2D eigenvalue weighted by Crippen LogP contribution is 2.35. The number of hydrazone groups is 1. The van der Waals surface area contributed by atoms with Crippen molar-refractivity contribution in [3.8, 4) is 5.75 Å². The quantitative estimate of drug-likeness (QED) is 0.410. The van der Waals surface area contributed by atoms with Crippen LogP contribution in [0.25, 0.3) is 0 Å². The number of ether oxygens (including phenoxy) is 2. The van der Waals surface area contributed by atoms with E-state index in [1.54, 1.807) is 30.3 Å². The van der Waals surface area contributed by atoms with Gasteiger partial charge in [-0.25, -0.2) is 5.43 Å². The van der Waals surface area contributed by atoms with E-state index in [4.69, 9.17) is 44.3 Å². The number of rotatable bonds is 7. The molecule has 0 atom stereocenters. The van der Waals surface area contributed by atoms with Crippen molar-refractivity contribution in [3.63, 3.8) is 0 Å². The molecule has 0 aromatic heterocycles. The fourth-order valence-corrected chi connectivity index (χ4v) is 4.21. The molecular weight excluding hydrogens is 517 g/mol. The minimum atomic E-state index is -0.182. The molecule has 30 heavy (non-hydrogen) atoms. The molecule has 1 aliphatic heterocycles. The number of morpholine rings is 1. The van der Waals surface area contributed by atoms with Crippen LogP contribution in [0.4, 0.5) is 0 Å². The zero-order valence-electron chi connectivity index (χ0n) is 15.8. The zero-order chi connectivity index (χ0) is 21.5. The maximum Gasteiger partial charge on any atom is 0.254 e. The summed E-state index contributed by atoms with van der Waals surface area (Å²) in [6, 6.07) is 8.69. The van der Waals surface area contributed by atoms with Gasteiger partial charge in [0.25, 0.3) is 5.91 Å². The smallest absolute Gasteiger partial charge is 0.254 e. The lowest BCUT2D eigenvalue weighted by molar-refractivity contribution is -0.123. The number of nitrogens with zero attached hydrogens (tertiary/aromatic N) is 2. The van der Waals surface area contributed by atoms with E-state index in [-0.39, 0.29) is 19.1 Å².